The Labute approximate surface area is 107 Å². The lowest BCUT2D eigenvalue weighted by Crippen LogP contribution is -2.35. The molecule has 4 heteroatoms. The molecule has 1 aliphatic rings. The molecule has 1 unspecified atom stereocenters. The molecule has 0 amide bonds. The fourth-order valence-corrected chi connectivity index (χ4v) is 2.98. The number of benzene rings is 1. The maximum absolute atomic E-state index is 9.19. The number of phenolic OH excluding ortho intramolecular Hbond substituents is 1. The lowest BCUT2D eigenvalue weighted by molar-refractivity contribution is 0.278. The highest BCUT2D eigenvalue weighted by atomic mass is 35.5. The van der Waals surface area contributed by atoms with Crippen LogP contribution < -0.4 is 0 Å². The molecule has 0 bridgehead atoms. The van der Waals surface area contributed by atoms with E-state index in [4.69, 9.17) is 0 Å². The van der Waals surface area contributed by atoms with E-state index in [-0.39, 0.29) is 12.4 Å². The monoisotopic (exact) mass is 259 g/mol. The first-order valence-electron chi connectivity index (χ1n) is 5.36. The van der Waals surface area contributed by atoms with Crippen LogP contribution in [0.5, 0.6) is 5.75 Å². The third kappa shape index (κ3) is 3.89. The summed E-state index contributed by atoms with van der Waals surface area (Å²) in [6, 6.07) is 7.53. The number of hydrogen-bond donors (Lipinski definition) is 1. The first kappa shape index (κ1) is 13.7. The third-order valence-corrected chi connectivity index (χ3v) is 3.80. The smallest absolute Gasteiger partial charge is 0.115 e. The van der Waals surface area contributed by atoms with Crippen molar-refractivity contribution in [2.75, 3.05) is 18.8 Å². The maximum atomic E-state index is 9.19. The highest BCUT2D eigenvalue weighted by molar-refractivity contribution is 7.99. The quantitative estimate of drug-likeness (QED) is 0.884. The molecule has 90 valence electrons. The van der Waals surface area contributed by atoms with Gasteiger partial charge in [0.15, 0.2) is 0 Å². The summed E-state index contributed by atoms with van der Waals surface area (Å²) in [6.45, 7) is 5.64. The van der Waals surface area contributed by atoms with Gasteiger partial charge in [-0.1, -0.05) is 19.1 Å². The Balaban J connectivity index is 0.00000128. The fraction of sp³-hybridized carbons (Fsp3) is 0.500. The molecular formula is C12H18ClNOS. The zero-order valence-electron chi connectivity index (χ0n) is 9.43. The van der Waals surface area contributed by atoms with E-state index in [0.717, 1.165) is 11.8 Å². The van der Waals surface area contributed by atoms with Crippen molar-refractivity contribution in [1.29, 1.82) is 0 Å². The first-order chi connectivity index (χ1) is 7.24. The average Bonchev–Trinajstić information content (AvgIpc) is 2.22. The molecule has 1 atom stereocenters. The van der Waals surface area contributed by atoms with Crippen molar-refractivity contribution in [3.05, 3.63) is 29.8 Å². The third-order valence-electron chi connectivity index (χ3n) is 2.67. The summed E-state index contributed by atoms with van der Waals surface area (Å²) in [6.07, 6.45) is 0. The number of halogens is 1. The van der Waals surface area contributed by atoms with Crippen LogP contribution in [-0.4, -0.2) is 34.1 Å². The van der Waals surface area contributed by atoms with Crippen LogP contribution in [0.15, 0.2) is 24.3 Å². The minimum absolute atomic E-state index is 0. The number of hydrogen-bond acceptors (Lipinski definition) is 3. The summed E-state index contributed by atoms with van der Waals surface area (Å²) in [4.78, 5) is 2.48. The molecule has 1 N–H and O–H groups in total. The summed E-state index contributed by atoms with van der Waals surface area (Å²) in [7, 11) is 0. The van der Waals surface area contributed by atoms with Crippen LogP contribution >= 0.6 is 24.2 Å². The van der Waals surface area contributed by atoms with E-state index >= 15 is 0 Å². The molecule has 0 aliphatic carbocycles. The van der Waals surface area contributed by atoms with Gasteiger partial charge in [0.2, 0.25) is 0 Å². The SMILES string of the molecule is CC1CN(Cc2ccc(O)cc2)CCS1.Cl. The van der Waals surface area contributed by atoms with Crippen molar-refractivity contribution in [2.45, 2.75) is 18.7 Å². The first-order valence-corrected chi connectivity index (χ1v) is 6.41. The van der Waals surface area contributed by atoms with Crippen molar-refractivity contribution in [3.63, 3.8) is 0 Å². The van der Waals surface area contributed by atoms with Crippen molar-refractivity contribution >= 4 is 24.2 Å². The van der Waals surface area contributed by atoms with E-state index in [1.54, 1.807) is 12.1 Å². The largest absolute Gasteiger partial charge is 0.508 e. The highest BCUT2D eigenvalue weighted by Gasteiger charge is 2.16. The topological polar surface area (TPSA) is 23.5 Å². The van der Waals surface area contributed by atoms with E-state index in [9.17, 15) is 5.11 Å². The number of aromatic hydroxyl groups is 1. The van der Waals surface area contributed by atoms with Gasteiger partial charge in [-0.3, -0.25) is 4.90 Å². The molecule has 0 aromatic heterocycles. The van der Waals surface area contributed by atoms with Gasteiger partial charge in [0, 0.05) is 30.6 Å². The lowest BCUT2D eigenvalue weighted by Gasteiger charge is -2.30. The van der Waals surface area contributed by atoms with Crippen LogP contribution in [0.4, 0.5) is 0 Å². The Morgan fingerprint density at radius 2 is 2.06 bits per heavy atom. The molecule has 0 saturated carbocycles. The van der Waals surface area contributed by atoms with Gasteiger partial charge in [-0.15, -0.1) is 12.4 Å². The Morgan fingerprint density at radius 1 is 1.38 bits per heavy atom. The molecule has 2 nitrogen and oxygen atoms in total. The summed E-state index contributed by atoms with van der Waals surface area (Å²) < 4.78 is 0. The molecule has 0 radical (unpaired) electrons. The van der Waals surface area contributed by atoms with E-state index in [1.807, 2.05) is 12.1 Å². The van der Waals surface area contributed by atoms with Gasteiger partial charge < -0.3 is 5.11 Å². The zero-order chi connectivity index (χ0) is 10.7. The number of rotatable bonds is 2. The summed E-state index contributed by atoms with van der Waals surface area (Å²) in [5.74, 6) is 1.58. The van der Waals surface area contributed by atoms with Crippen molar-refractivity contribution < 1.29 is 5.11 Å². The van der Waals surface area contributed by atoms with Crippen LogP contribution in [-0.2, 0) is 6.54 Å². The second-order valence-corrected chi connectivity index (χ2v) is 5.63. The molecule has 1 aromatic rings. The molecule has 1 aliphatic heterocycles. The molecular weight excluding hydrogens is 242 g/mol. The predicted octanol–water partition coefficient (Wildman–Crippen LogP) is 2.75. The standard InChI is InChI=1S/C12H17NOS.ClH/c1-10-8-13(6-7-15-10)9-11-2-4-12(14)5-3-11;/h2-5,10,14H,6-9H2,1H3;1H. The van der Waals surface area contributed by atoms with Crippen LogP contribution in [0.2, 0.25) is 0 Å². The summed E-state index contributed by atoms with van der Waals surface area (Å²) >= 11 is 2.05. The van der Waals surface area contributed by atoms with Crippen molar-refractivity contribution in [1.82, 2.24) is 4.90 Å². The minimum Gasteiger partial charge on any atom is -0.508 e. The van der Waals surface area contributed by atoms with Gasteiger partial charge in [0.1, 0.15) is 5.75 Å². The Kier molecular flexibility index (Phi) is 5.46. The van der Waals surface area contributed by atoms with Crippen LogP contribution in [0.25, 0.3) is 0 Å². The van der Waals surface area contributed by atoms with Gasteiger partial charge in [-0.2, -0.15) is 11.8 Å². The molecule has 0 spiro atoms. The van der Waals surface area contributed by atoms with Gasteiger partial charge in [-0.05, 0) is 17.7 Å². The predicted molar refractivity (Wildman–Crippen MR) is 72.6 cm³/mol. The van der Waals surface area contributed by atoms with Gasteiger partial charge in [0.05, 0.1) is 0 Å². The van der Waals surface area contributed by atoms with E-state index < -0.39 is 0 Å². The summed E-state index contributed by atoms with van der Waals surface area (Å²) in [5, 5.41) is 9.93. The van der Waals surface area contributed by atoms with Crippen molar-refractivity contribution in [3.8, 4) is 5.75 Å². The Morgan fingerprint density at radius 3 is 2.69 bits per heavy atom. The number of nitrogens with zero attached hydrogens (tertiary/aromatic N) is 1. The maximum Gasteiger partial charge on any atom is 0.115 e. The van der Waals surface area contributed by atoms with Gasteiger partial charge >= 0.3 is 0 Å². The Hall–Kier alpha value is -0.380. The normalized spacial score (nSPS) is 21.4. The molecule has 1 heterocycles. The van der Waals surface area contributed by atoms with E-state index in [2.05, 4.69) is 23.6 Å². The fourth-order valence-electron chi connectivity index (χ4n) is 1.89. The highest BCUT2D eigenvalue weighted by Crippen LogP contribution is 2.20. The molecule has 1 saturated heterocycles. The van der Waals surface area contributed by atoms with E-state index in [1.165, 1.54) is 24.4 Å². The summed E-state index contributed by atoms with van der Waals surface area (Å²) in [5.41, 5.74) is 1.28. The number of phenols is 1. The van der Waals surface area contributed by atoms with Crippen LogP contribution in [0.1, 0.15) is 12.5 Å². The second-order valence-electron chi connectivity index (χ2n) is 4.08. The zero-order valence-corrected chi connectivity index (χ0v) is 11.1. The van der Waals surface area contributed by atoms with Crippen molar-refractivity contribution in [2.24, 2.45) is 0 Å². The number of thioether (sulfide) groups is 1. The lowest BCUT2D eigenvalue weighted by atomic mass is 10.2. The van der Waals surface area contributed by atoms with Gasteiger partial charge in [0.25, 0.3) is 0 Å². The minimum atomic E-state index is 0. The Bertz CT molecular complexity index is 317. The average molecular weight is 260 g/mol. The second kappa shape index (κ2) is 6.38. The molecule has 2 rings (SSSR count). The van der Waals surface area contributed by atoms with E-state index in [0.29, 0.717) is 5.75 Å². The molecule has 16 heavy (non-hydrogen) atoms. The van der Waals surface area contributed by atoms with Crippen LogP contribution in [0, 0.1) is 0 Å². The van der Waals surface area contributed by atoms with Crippen LogP contribution in [0.3, 0.4) is 0 Å². The van der Waals surface area contributed by atoms with Gasteiger partial charge in [-0.25, -0.2) is 0 Å². The molecule has 1 fully saturated rings. The molecule has 1 aromatic carbocycles.